The lowest BCUT2D eigenvalue weighted by Crippen LogP contribution is -2.43. The first-order valence-corrected chi connectivity index (χ1v) is 8.28. The Morgan fingerprint density at radius 1 is 1.19 bits per heavy atom. The number of nitrogens with one attached hydrogen (secondary N) is 1. The molecule has 21 heavy (non-hydrogen) atoms. The van der Waals surface area contributed by atoms with Crippen LogP contribution in [0.25, 0.3) is 0 Å². The van der Waals surface area contributed by atoms with Gasteiger partial charge in [-0.2, -0.15) is 0 Å². The maximum Gasteiger partial charge on any atom is 0.230 e. The highest BCUT2D eigenvalue weighted by atomic mass is 16.2. The summed E-state index contributed by atoms with van der Waals surface area (Å²) in [5.74, 6) is 1.92. The smallest absolute Gasteiger partial charge is 0.230 e. The molecule has 1 fully saturated rings. The molecule has 0 aromatic heterocycles. The number of benzene rings is 1. The van der Waals surface area contributed by atoms with Crippen LogP contribution < -0.4 is 5.32 Å². The van der Waals surface area contributed by atoms with Gasteiger partial charge in [0.15, 0.2) is 0 Å². The lowest BCUT2D eigenvalue weighted by Gasteiger charge is -2.37. The van der Waals surface area contributed by atoms with E-state index in [4.69, 9.17) is 0 Å². The lowest BCUT2D eigenvalue weighted by atomic mass is 9.85. The molecule has 0 radical (unpaired) electrons. The molecule has 1 amide bonds. The van der Waals surface area contributed by atoms with Crippen LogP contribution in [-0.4, -0.2) is 30.4 Å². The molecule has 3 nitrogen and oxygen atoms in total. The zero-order chi connectivity index (χ0) is 14.8. The van der Waals surface area contributed by atoms with E-state index in [9.17, 15) is 4.79 Å². The van der Waals surface area contributed by atoms with E-state index < -0.39 is 0 Å². The quantitative estimate of drug-likeness (QED) is 0.902. The predicted octanol–water partition coefficient (Wildman–Crippen LogP) is 3.48. The summed E-state index contributed by atoms with van der Waals surface area (Å²) in [7, 11) is 0. The van der Waals surface area contributed by atoms with Gasteiger partial charge in [0.05, 0.1) is 5.92 Å². The summed E-state index contributed by atoms with van der Waals surface area (Å²) in [6, 6.07) is 8.26. The topological polar surface area (TPSA) is 32.3 Å². The van der Waals surface area contributed by atoms with Gasteiger partial charge >= 0.3 is 0 Å². The van der Waals surface area contributed by atoms with Crippen molar-refractivity contribution in [1.29, 1.82) is 0 Å². The van der Waals surface area contributed by atoms with Gasteiger partial charge in [-0.25, -0.2) is 0 Å². The summed E-state index contributed by atoms with van der Waals surface area (Å²) in [5.41, 5.74) is 2.32. The zero-order valence-corrected chi connectivity index (χ0v) is 13.1. The highest BCUT2D eigenvalue weighted by molar-refractivity contribution is 5.86. The number of likely N-dealkylation sites (tertiary alicyclic amines) is 1. The Bertz CT molecular complexity index is 504. The number of fused-ring (bicyclic) bond motifs is 1. The van der Waals surface area contributed by atoms with Crippen molar-refractivity contribution < 1.29 is 4.79 Å². The molecule has 3 rings (SSSR count). The Labute approximate surface area is 127 Å². The Balaban J connectivity index is 1.70. The lowest BCUT2D eigenvalue weighted by molar-refractivity contribution is -0.134. The number of para-hydroxylation sites is 1. The van der Waals surface area contributed by atoms with E-state index in [-0.39, 0.29) is 5.92 Å². The molecule has 2 aliphatic rings. The first-order chi connectivity index (χ1) is 10.2. The van der Waals surface area contributed by atoms with E-state index >= 15 is 0 Å². The summed E-state index contributed by atoms with van der Waals surface area (Å²) in [6.07, 6.45) is 3.24. The van der Waals surface area contributed by atoms with Gasteiger partial charge in [-0.1, -0.05) is 32.0 Å². The van der Waals surface area contributed by atoms with Crippen LogP contribution in [0, 0.1) is 11.8 Å². The Kier molecular flexibility index (Phi) is 4.18. The summed E-state index contributed by atoms with van der Waals surface area (Å²) in [5, 5.41) is 3.40. The number of hydrogen-bond acceptors (Lipinski definition) is 2. The Hall–Kier alpha value is -1.51. The molecule has 0 aliphatic carbocycles. The molecular weight excluding hydrogens is 260 g/mol. The average Bonchev–Trinajstić information content (AvgIpc) is 2.53. The number of carbonyl (C=O) groups excluding carboxylic acids is 1. The second kappa shape index (κ2) is 6.08. The van der Waals surface area contributed by atoms with E-state index in [0.717, 1.165) is 56.4 Å². The number of piperidine rings is 1. The predicted molar refractivity (Wildman–Crippen MR) is 86.4 cm³/mol. The number of hydrogen-bond donors (Lipinski definition) is 1. The monoisotopic (exact) mass is 286 g/mol. The first-order valence-electron chi connectivity index (χ1n) is 8.28. The van der Waals surface area contributed by atoms with Crippen molar-refractivity contribution in [3.8, 4) is 0 Å². The van der Waals surface area contributed by atoms with Crippen LogP contribution >= 0.6 is 0 Å². The highest BCUT2D eigenvalue weighted by Gasteiger charge is 2.32. The van der Waals surface area contributed by atoms with Crippen LogP contribution in [0.1, 0.15) is 44.6 Å². The number of nitrogens with zero attached hydrogens (tertiary/aromatic N) is 1. The van der Waals surface area contributed by atoms with Crippen LogP contribution in [0.4, 0.5) is 5.69 Å². The van der Waals surface area contributed by atoms with Gasteiger partial charge in [-0.05, 0) is 42.7 Å². The summed E-state index contributed by atoms with van der Waals surface area (Å²) in [4.78, 5) is 15.0. The molecule has 1 atom stereocenters. The summed E-state index contributed by atoms with van der Waals surface area (Å²) in [6.45, 7) is 7.37. The Morgan fingerprint density at radius 2 is 1.90 bits per heavy atom. The van der Waals surface area contributed by atoms with Crippen molar-refractivity contribution in [2.75, 3.05) is 25.0 Å². The van der Waals surface area contributed by atoms with Crippen LogP contribution in [-0.2, 0) is 4.79 Å². The van der Waals surface area contributed by atoms with E-state index in [1.807, 2.05) is 12.1 Å². The molecule has 1 N–H and O–H groups in total. The average molecular weight is 286 g/mol. The van der Waals surface area contributed by atoms with E-state index in [2.05, 4.69) is 36.2 Å². The third kappa shape index (κ3) is 2.92. The fraction of sp³-hybridized carbons (Fsp3) is 0.611. The van der Waals surface area contributed by atoms with Crippen LogP contribution in [0.3, 0.4) is 0 Å². The molecule has 1 aromatic carbocycles. The van der Waals surface area contributed by atoms with Gasteiger partial charge < -0.3 is 10.2 Å². The van der Waals surface area contributed by atoms with Gasteiger partial charge in [0.25, 0.3) is 0 Å². The minimum absolute atomic E-state index is 0.0537. The third-order valence-corrected chi connectivity index (χ3v) is 5.18. The standard InChI is InChI=1S/C18H26N2O/c1-13(2)14-8-11-20(12-9-14)18(21)16-7-10-19-17-6-4-3-5-15(16)17/h3-6,13-14,16,19H,7-12H2,1-2H3. The van der Waals surface area contributed by atoms with Gasteiger partial charge in [-0.3, -0.25) is 4.79 Å². The van der Waals surface area contributed by atoms with Crippen LogP contribution in [0.15, 0.2) is 24.3 Å². The van der Waals surface area contributed by atoms with Crippen LogP contribution in [0.5, 0.6) is 0 Å². The van der Waals surface area contributed by atoms with Crippen molar-refractivity contribution in [2.45, 2.75) is 39.0 Å². The number of carbonyl (C=O) groups is 1. The molecule has 0 saturated carbocycles. The fourth-order valence-electron chi connectivity index (χ4n) is 3.73. The first kappa shape index (κ1) is 14.4. The highest BCUT2D eigenvalue weighted by Crippen LogP contribution is 2.34. The Morgan fingerprint density at radius 3 is 2.62 bits per heavy atom. The SMILES string of the molecule is CC(C)C1CCN(C(=O)C2CCNc3ccccc32)CC1. The maximum atomic E-state index is 12.9. The van der Waals surface area contributed by atoms with E-state index in [1.165, 1.54) is 5.56 Å². The van der Waals surface area contributed by atoms with Crippen molar-refractivity contribution in [3.05, 3.63) is 29.8 Å². The molecule has 1 unspecified atom stereocenters. The molecule has 0 bridgehead atoms. The summed E-state index contributed by atoms with van der Waals surface area (Å²) < 4.78 is 0. The van der Waals surface area contributed by atoms with Gasteiger partial charge in [0, 0.05) is 25.3 Å². The van der Waals surface area contributed by atoms with Gasteiger partial charge in [0.1, 0.15) is 0 Å². The van der Waals surface area contributed by atoms with Gasteiger partial charge in [0.2, 0.25) is 5.91 Å². The number of rotatable bonds is 2. The molecule has 1 saturated heterocycles. The molecular formula is C18H26N2O. The van der Waals surface area contributed by atoms with Gasteiger partial charge in [-0.15, -0.1) is 0 Å². The van der Waals surface area contributed by atoms with Crippen molar-refractivity contribution in [2.24, 2.45) is 11.8 Å². The molecule has 3 heteroatoms. The minimum Gasteiger partial charge on any atom is -0.385 e. The number of anilines is 1. The molecule has 0 spiro atoms. The maximum absolute atomic E-state index is 12.9. The third-order valence-electron chi connectivity index (χ3n) is 5.18. The van der Waals surface area contributed by atoms with Crippen molar-refractivity contribution >= 4 is 11.6 Å². The van der Waals surface area contributed by atoms with Crippen molar-refractivity contribution in [3.63, 3.8) is 0 Å². The molecule has 2 aliphatic heterocycles. The minimum atomic E-state index is 0.0537. The second-order valence-corrected chi connectivity index (χ2v) is 6.76. The molecule has 114 valence electrons. The normalized spacial score (nSPS) is 22.8. The van der Waals surface area contributed by atoms with Crippen molar-refractivity contribution in [1.82, 2.24) is 4.90 Å². The second-order valence-electron chi connectivity index (χ2n) is 6.76. The molecule has 1 aromatic rings. The zero-order valence-electron chi connectivity index (χ0n) is 13.1. The van der Waals surface area contributed by atoms with Crippen LogP contribution in [0.2, 0.25) is 0 Å². The number of amides is 1. The van der Waals surface area contributed by atoms with E-state index in [1.54, 1.807) is 0 Å². The van der Waals surface area contributed by atoms with E-state index in [0.29, 0.717) is 5.91 Å². The summed E-state index contributed by atoms with van der Waals surface area (Å²) >= 11 is 0. The molecule has 2 heterocycles. The largest absolute Gasteiger partial charge is 0.385 e. The fourth-order valence-corrected chi connectivity index (χ4v) is 3.73.